The van der Waals surface area contributed by atoms with Gasteiger partial charge in [0.1, 0.15) is 0 Å². The van der Waals surface area contributed by atoms with Crippen LogP contribution < -0.4 is 0 Å². The molecule has 1 aromatic carbocycles. The van der Waals surface area contributed by atoms with E-state index in [0.29, 0.717) is 5.75 Å². The molecular formula is C7H6BrClS. The Morgan fingerprint density at radius 3 is 2.70 bits per heavy atom. The van der Waals surface area contributed by atoms with E-state index in [1.165, 1.54) is 0 Å². The molecule has 0 atom stereocenters. The highest BCUT2D eigenvalue weighted by Crippen LogP contribution is 2.21. The van der Waals surface area contributed by atoms with E-state index in [4.69, 9.17) is 11.6 Å². The van der Waals surface area contributed by atoms with Gasteiger partial charge in [0.15, 0.2) is 0 Å². The van der Waals surface area contributed by atoms with Crippen LogP contribution in [-0.4, -0.2) is 0 Å². The molecule has 0 aromatic heterocycles. The summed E-state index contributed by atoms with van der Waals surface area (Å²) in [4.78, 5) is 0. The van der Waals surface area contributed by atoms with Crippen molar-refractivity contribution in [3.8, 4) is 0 Å². The lowest BCUT2D eigenvalue weighted by Gasteiger charge is -1.98. The first-order valence-electron chi connectivity index (χ1n) is 2.79. The van der Waals surface area contributed by atoms with Crippen LogP contribution in [0.1, 0.15) is 5.56 Å². The van der Waals surface area contributed by atoms with Crippen molar-refractivity contribution in [2.45, 2.75) is 5.75 Å². The van der Waals surface area contributed by atoms with Gasteiger partial charge in [-0.25, -0.2) is 0 Å². The third-order valence-electron chi connectivity index (χ3n) is 1.18. The summed E-state index contributed by atoms with van der Waals surface area (Å²) in [6.07, 6.45) is 0. The quantitative estimate of drug-likeness (QED) is 0.710. The molecule has 0 unspecified atom stereocenters. The van der Waals surface area contributed by atoms with E-state index in [1.54, 1.807) is 0 Å². The number of thiol groups is 1. The molecule has 1 aromatic rings. The maximum Gasteiger partial charge on any atom is 0.0447 e. The Kier molecular flexibility index (Phi) is 3.08. The maximum atomic E-state index is 5.83. The van der Waals surface area contributed by atoms with Gasteiger partial charge in [-0.05, 0) is 23.8 Å². The smallest absolute Gasteiger partial charge is 0.0447 e. The van der Waals surface area contributed by atoms with Crippen LogP contribution in [0, 0.1) is 0 Å². The van der Waals surface area contributed by atoms with E-state index in [2.05, 4.69) is 28.6 Å². The van der Waals surface area contributed by atoms with Gasteiger partial charge in [-0.15, -0.1) is 0 Å². The Morgan fingerprint density at radius 1 is 1.50 bits per heavy atom. The normalized spacial score (nSPS) is 9.90. The summed E-state index contributed by atoms with van der Waals surface area (Å²) in [5.41, 5.74) is 1.05. The predicted molar refractivity (Wildman–Crippen MR) is 51.8 cm³/mol. The molecule has 0 spiro atoms. The first-order chi connectivity index (χ1) is 4.74. The average molecular weight is 238 g/mol. The van der Waals surface area contributed by atoms with Crippen molar-refractivity contribution in [2.75, 3.05) is 0 Å². The standard InChI is InChI=1S/C7H6BrClS/c8-6-1-2-7(9)5(3-6)4-10/h1-3,10H,4H2. The van der Waals surface area contributed by atoms with Crippen LogP contribution in [0.25, 0.3) is 0 Å². The van der Waals surface area contributed by atoms with Gasteiger partial charge in [-0.1, -0.05) is 27.5 Å². The van der Waals surface area contributed by atoms with Crippen molar-refractivity contribution in [2.24, 2.45) is 0 Å². The minimum absolute atomic E-state index is 0.679. The third kappa shape index (κ3) is 1.91. The number of rotatable bonds is 1. The molecule has 0 nitrogen and oxygen atoms in total. The van der Waals surface area contributed by atoms with Crippen molar-refractivity contribution in [1.82, 2.24) is 0 Å². The summed E-state index contributed by atoms with van der Waals surface area (Å²) in [6.45, 7) is 0. The van der Waals surface area contributed by atoms with Crippen molar-refractivity contribution >= 4 is 40.2 Å². The predicted octanol–water partition coefficient (Wildman–Crippen LogP) is 3.53. The van der Waals surface area contributed by atoms with Crippen LogP contribution in [0.3, 0.4) is 0 Å². The molecule has 0 radical (unpaired) electrons. The van der Waals surface area contributed by atoms with Gasteiger partial charge in [-0.2, -0.15) is 12.6 Å². The van der Waals surface area contributed by atoms with Crippen LogP contribution in [0.5, 0.6) is 0 Å². The summed E-state index contributed by atoms with van der Waals surface area (Å²) in [5, 5.41) is 0.776. The largest absolute Gasteiger partial charge is 0.174 e. The molecule has 0 heterocycles. The molecule has 0 aliphatic heterocycles. The summed E-state index contributed by atoms with van der Waals surface area (Å²) in [5.74, 6) is 0.679. The highest BCUT2D eigenvalue weighted by molar-refractivity contribution is 9.10. The first-order valence-corrected chi connectivity index (χ1v) is 4.59. The van der Waals surface area contributed by atoms with Crippen molar-refractivity contribution in [1.29, 1.82) is 0 Å². The zero-order valence-corrected chi connectivity index (χ0v) is 8.38. The lowest BCUT2D eigenvalue weighted by Crippen LogP contribution is -1.78. The monoisotopic (exact) mass is 236 g/mol. The van der Waals surface area contributed by atoms with E-state index >= 15 is 0 Å². The molecule has 0 N–H and O–H groups in total. The fraction of sp³-hybridized carbons (Fsp3) is 0.143. The zero-order chi connectivity index (χ0) is 7.56. The first kappa shape index (κ1) is 8.44. The number of hydrogen-bond donors (Lipinski definition) is 1. The number of benzene rings is 1. The Morgan fingerprint density at radius 2 is 2.20 bits per heavy atom. The molecule has 0 aliphatic rings. The Balaban J connectivity index is 3.09. The highest BCUT2D eigenvalue weighted by Gasteiger charge is 1.96. The van der Waals surface area contributed by atoms with Crippen LogP contribution in [0.4, 0.5) is 0 Å². The van der Waals surface area contributed by atoms with Crippen LogP contribution in [0.15, 0.2) is 22.7 Å². The van der Waals surface area contributed by atoms with Crippen LogP contribution in [0.2, 0.25) is 5.02 Å². The lowest BCUT2D eigenvalue weighted by atomic mass is 10.2. The second-order valence-electron chi connectivity index (χ2n) is 1.89. The van der Waals surface area contributed by atoms with E-state index in [1.807, 2.05) is 18.2 Å². The van der Waals surface area contributed by atoms with Gasteiger partial charge in [0.2, 0.25) is 0 Å². The van der Waals surface area contributed by atoms with Crippen LogP contribution >= 0.6 is 40.2 Å². The molecule has 0 bridgehead atoms. The van der Waals surface area contributed by atoms with E-state index in [-0.39, 0.29) is 0 Å². The fourth-order valence-electron chi connectivity index (χ4n) is 0.664. The second-order valence-corrected chi connectivity index (χ2v) is 3.53. The fourth-order valence-corrected chi connectivity index (χ4v) is 1.61. The van der Waals surface area contributed by atoms with Gasteiger partial charge in [-0.3, -0.25) is 0 Å². The topological polar surface area (TPSA) is 0 Å². The number of hydrogen-bond acceptors (Lipinski definition) is 1. The number of halogens is 2. The lowest BCUT2D eigenvalue weighted by molar-refractivity contribution is 1.41. The Labute approximate surface area is 79.1 Å². The van der Waals surface area contributed by atoms with Gasteiger partial charge in [0, 0.05) is 15.2 Å². The summed E-state index contributed by atoms with van der Waals surface area (Å²) in [6, 6.07) is 5.74. The van der Waals surface area contributed by atoms with E-state index < -0.39 is 0 Å². The Bertz CT molecular complexity index is 237. The highest BCUT2D eigenvalue weighted by atomic mass is 79.9. The SMILES string of the molecule is SCc1cc(Br)ccc1Cl. The Hall–Kier alpha value is 0.340. The van der Waals surface area contributed by atoms with Crippen molar-refractivity contribution in [3.63, 3.8) is 0 Å². The van der Waals surface area contributed by atoms with Crippen molar-refractivity contribution < 1.29 is 0 Å². The molecule has 10 heavy (non-hydrogen) atoms. The molecule has 0 saturated carbocycles. The van der Waals surface area contributed by atoms with Gasteiger partial charge < -0.3 is 0 Å². The molecule has 3 heteroatoms. The zero-order valence-electron chi connectivity index (χ0n) is 5.14. The summed E-state index contributed by atoms with van der Waals surface area (Å²) in [7, 11) is 0. The van der Waals surface area contributed by atoms with E-state index in [9.17, 15) is 0 Å². The minimum atomic E-state index is 0.679. The van der Waals surface area contributed by atoms with E-state index in [0.717, 1.165) is 15.1 Å². The molecule has 1 rings (SSSR count). The minimum Gasteiger partial charge on any atom is -0.174 e. The molecule has 0 fully saturated rings. The summed E-state index contributed by atoms with van der Waals surface area (Å²) < 4.78 is 1.04. The molecule has 0 saturated heterocycles. The molecule has 0 aliphatic carbocycles. The molecule has 54 valence electrons. The maximum absolute atomic E-state index is 5.83. The van der Waals surface area contributed by atoms with Gasteiger partial charge in [0.25, 0.3) is 0 Å². The molecule has 0 amide bonds. The average Bonchev–Trinajstić information content (AvgIpc) is 1.94. The second kappa shape index (κ2) is 3.65. The van der Waals surface area contributed by atoms with Gasteiger partial charge in [0.05, 0.1) is 0 Å². The van der Waals surface area contributed by atoms with Crippen LogP contribution in [-0.2, 0) is 5.75 Å². The third-order valence-corrected chi connectivity index (χ3v) is 2.38. The van der Waals surface area contributed by atoms with Gasteiger partial charge >= 0.3 is 0 Å². The molecular weight excluding hydrogens is 232 g/mol. The van der Waals surface area contributed by atoms with Crippen molar-refractivity contribution in [3.05, 3.63) is 33.3 Å². The summed E-state index contributed by atoms with van der Waals surface area (Å²) >= 11 is 13.3.